The summed E-state index contributed by atoms with van der Waals surface area (Å²) in [5, 5.41) is 2.08. The number of benzene rings is 2. The van der Waals surface area contributed by atoms with Crippen LogP contribution in [0.3, 0.4) is 0 Å². The summed E-state index contributed by atoms with van der Waals surface area (Å²) in [7, 11) is -4.12. The number of amides is 1. The molecule has 0 aromatic heterocycles. The van der Waals surface area contributed by atoms with E-state index >= 15 is 0 Å². The van der Waals surface area contributed by atoms with Crippen molar-refractivity contribution in [3.8, 4) is 0 Å². The van der Waals surface area contributed by atoms with Gasteiger partial charge >= 0.3 is 6.18 Å². The molecule has 0 saturated heterocycles. The summed E-state index contributed by atoms with van der Waals surface area (Å²) in [4.78, 5) is 11.4. The Morgan fingerprint density at radius 1 is 1.04 bits per heavy atom. The van der Waals surface area contributed by atoms with Crippen molar-refractivity contribution in [2.24, 2.45) is 0 Å². The van der Waals surface area contributed by atoms with Crippen molar-refractivity contribution >= 4 is 44.8 Å². The van der Waals surface area contributed by atoms with Gasteiger partial charge in [-0.05, 0) is 36.4 Å². The smallest absolute Gasteiger partial charge is 0.343 e. The van der Waals surface area contributed by atoms with E-state index in [-0.39, 0.29) is 26.2 Å². The number of carbonyl (C=O) groups excluding carboxylic acids is 1. The third kappa shape index (κ3) is 5.79. The normalized spacial score (nSPS) is 11.9. The molecular weight excluding hydrogens is 416 g/mol. The molecule has 2 rings (SSSR count). The van der Waals surface area contributed by atoms with Gasteiger partial charge in [0.05, 0.1) is 10.6 Å². The molecule has 0 aliphatic carbocycles. The summed E-state index contributed by atoms with van der Waals surface area (Å²) in [5.74, 6) is -1.05. The van der Waals surface area contributed by atoms with Gasteiger partial charge in [-0.25, -0.2) is 8.42 Å². The summed E-state index contributed by atoms with van der Waals surface area (Å²) in [6.45, 7) is -1.53. The molecule has 0 heterocycles. The molecule has 26 heavy (non-hydrogen) atoms. The highest BCUT2D eigenvalue weighted by Crippen LogP contribution is 2.25. The summed E-state index contributed by atoms with van der Waals surface area (Å²) < 4.78 is 63.5. The van der Waals surface area contributed by atoms with Gasteiger partial charge in [-0.15, -0.1) is 0 Å². The number of halogens is 5. The minimum absolute atomic E-state index is 0.0921. The Bertz CT molecular complexity index is 914. The number of nitrogens with one attached hydrogen (secondary N) is 2. The highest BCUT2D eigenvalue weighted by Gasteiger charge is 2.28. The van der Waals surface area contributed by atoms with Gasteiger partial charge in [-0.1, -0.05) is 29.3 Å². The quantitative estimate of drug-likeness (QED) is 0.755. The van der Waals surface area contributed by atoms with E-state index in [2.05, 4.69) is 4.72 Å². The Morgan fingerprint density at radius 3 is 2.23 bits per heavy atom. The lowest BCUT2D eigenvalue weighted by molar-refractivity contribution is -0.123. The lowest BCUT2D eigenvalue weighted by atomic mass is 10.2. The second-order valence-electron chi connectivity index (χ2n) is 5.09. The standard InChI is InChI=1S/C15H11Cl2F3N2O3S/c16-10-5-11(17)7-12(6-10)22-26(24,25)13-3-1-2-9(4-13)14(23)21-8-15(18,19)20/h1-7,22H,8H2,(H,21,23). The molecule has 0 radical (unpaired) electrons. The first-order valence-electron chi connectivity index (χ1n) is 6.90. The van der Waals surface area contributed by atoms with E-state index in [4.69, 9.17) is 23.2 Å². The van der Waals surface area contributed by atoms with E-state index in [1.54, 1.807) is 5.32 Å². The predicted octanol–water partition coefficient (Wildman–Crippen LogP) is 4.09. The lowest BCUT2D eigenvalue weighted by Gasteiger charge is -2.11. The number of alkyl halides is 3. The minimum Gasteiger partial charge on any atom is -0.343 e. The van der Waals surface area contributed by atoms with Crippen LogP contribution in [0.1, 0.15) is 10.4 Å². The largest absolute Gasteiger partial charge is 0.405 e. The second-order valence-corrected chi connectivity index (χ2v) is 7.64. The fourth-order valence-corrected chi connectivity index (χ4v) is 3.53. The van der Waals surface area contributed by atoms with E-state index in [9.17, 15) is 26.4 Å². The monoisotopic (exact) mass is 426 g/mol. The Balaban J connectivity index is 2.23. The number of hydrogen-bond acceptors (Lipinski definition) is 3. The van der Waals surface area contributed by atoms with E-state index in [0.29, 0.717) is 0 Å². The van der Waals surface area contributed by atoms with Crippen molar-refractivity contribution < 1.29 is 26.4 Å². The van der Waals surface area contributed by atoms with Crippen LogP contribution in [0.5, 0.6) is 0 Å². The third-order valence-corrected chi connectivity index (χ3v) is 4.79. The number of carbonyl (C=O) groups is 1. The molecule has 0 aliphatic heterocycles. The van der Waals surface area contributed by atoms with E-state index in [1.807, 2.05) is 0 Å². The zero-order chi connectivity index (χ0) is 19.5. The number of anilines is 1. The van der Waals surface area contributed by atoms with E-state index < -0.39 is 28.7 Å². The third-order valence-electron chi connectivity index (χ3n) is 2.97. The second kappa shape index (κ2) is 7.73. The van der Waals surface area contributed by atoms with Crippen LogP contribution in [0.4, 0.5) is 18.9 Å². The van der Waals surface area contributed by atoms with Crippen LogP contribution in [-0.4, -0.2) is 27.0 Å². The molecular formula is C15H11Cl2F3N2O3S. The number of hydrogen-bond donors (Lipinski definition) is 2. The molecule has 0 spiro atoms. The number of sulfonamides is 1. The van der Waals surface area contributed by atoms with Crippen LogP contribution in [0, 0.1) is 0 Å². The zero-order valence-electron chi connectivity index (χ0n) is 12.8. The van der Waals surface area contributed by atoms with Gasteiger partial charge in [0.25, 0.3) is 15.9 Å². The first-order chi connectivity index (χ1) is 12.0. The predicted molar refractivity (Wildman–Crippen MR) is 92.1 cm³/mol. The average Bonchev–Trinajstić information content (AvgIpc) is 2.50. The highest BCUT2D eigenvalue weighted by molar-refractivity contribution is 7.92. The molecule has 2 aromatic carbocycles. The molecule has 11 heteroatoms. The molecule has 140 valence electrons. The lowest BCUT2D eigenvalue weighted by Crippen LogP contribution is -2.33. The SMILES string of the molecule is O=C(NCC(F)(F)F)c1cccc(S(=O)(=O)Nc2cc(Cl)cc(Cl)c2)c1. The maximum Gasteiger partial charge on any atom is 0.405 e. The van der Waals surface area contributed by atoms with Crippen LogP contribution >= 0.6 is 23.2 Å². The Labute approximate surface area is 157 Å². The van der Waals surface area contributed by atoms with Gasteiger partial charge in [0.1, 0.15) is 6.54 Å². The zero-order valence-corrected chi connectivity index (χ0v) is 15.1. The summed E-state index contributed by atoms with van der Waals surface area (Å²) >= 11 is 11.6. The van der Waals surface area contributed by atoms with Gasteiger partial charge in [-0.2, -0.15) is 13.2 Å². The van der Waals surface area contributed by atoms with E-state index in [0.717, 1.165) is 6.07 Å². The van der Waals surface area contributed by atoms with Crippen molar-refractivity contribution in [2.45, 2.75) is 11.1 Å². The van der Waals surface area contributed by atoms with Crippen LogP contribution in [-0.2, 0) is 10.0 Å². The summed E-state index contributed by atoms with van der Waals surface area (Å²) in [6, 6.07) is 8.64. The Morgan fingerprint density at radius 2 is 1.65 bits per heavy atom. The van der Waals surface area contributed by atoms with Gasteiger partial charge in [0, 0.05) is 15.6 Å². The Kier molecular flexibility index (Phi) is 6.05. The molecule has 0 atom stereocenters. The van der Waals surface area contributed by atoms with Crippen molar-refractivity contribution in [2.75, 3.05) is 11.3 Å². The van der Waals surface area contributed by atoms with Gasteiger partial charge < -0.3 is 5.32 Å². The highest BCUT2D eigenvalue weighted by atomic mass is 35.5. The molecule has 2 aromatic rings. The molecule has 0 unspecified atom stereocenters. The first-order valence-corrected chi connectivity index (χ1v) is 9.14. The molecule has 1 amide bonds. The molecule has 0 fully saturated rings. The first kappa shape index (κ1) is 20.3. The van der Waals surface area contributed by atoms with Crippen LogP contribution < -0.4 is 10.0 Å². The van der Waals surface area contributed by atoms with Gasteiger partial charge in [-0.3, -0.25) is 9.52 Å². The molecule has 0 aliphatic rings. The maximum atomic E-state index is 12.4. The molecule has 2 N–H and O–H groups in total. The summed E-state index contributed by atoms with van der Waals surface area (Å²) in [5.41, 5.74) is -0.143. The number of rotatable bonds is 5. The topological polar surface area (TPSA) is 75.3 Å². The molecule has 5 nitrogen and oxygen atoms in total. The van der Waals surface area contributed by atoms with Crippen LogP contribution in [0.2, 0.25) is 10.0 Å². The van der Waals surface area contributed by atoms with Crippen LogP contribution in [0.25, 0.3) is 0 Å². The van der Waals surface area contributed by atoms with Gasteiger partial charge in [0.2, 0.25) is 0 Å². The fourth-order valence-electron chi connectivity index (χ4n) is 1.91. The average molecular weight is 427 g/mol. The van der Waals surface area contributed by atoms with Gasteiger partial charge in [0.15, 0.2) is 0 Å². The van der Waals surface area contributed by atoms with Crippen molar-refractivity contribution in [1.82, 2.24) is 5.32 Å². The summed E-state index contributed by atoms with van der Waals surface area (Å²) in [6.07, 6.45) is -4.58. The van der Waals surface area contributed by atoms with Crippen molar-refractivity contribution in [3.05, 3.63) is 58.1 Å². The Hall–Kier alpha value is -1.97. The maximum absolute atomic E-state index is 12.4. The van der Waals surface area contributed by atoms with Crippen molar-refractivity contribution in [3.63, 3.8) is 0 Å². The molecule has 0 saturated carbocycles. The molecule has 0 bridgehead atoms. The minimum atomic E-state index is -4.58. The fraction of sp³-hybridized carbons (Fsp3) is 0.133. The van der Waals surface area contributed by atoms with Crippen molar-refractivity contribution in [1.29, 1.82) is 0 Å². The van der Waals surface area contributed by atoms with Crippen LogP contribution in [0.15, 0.2) is 47.4 Å². The van der Waals surface area contributed by atoms with E-state index in [1.165, 1.54) is 36.4 Å².